The van der Waals surface area contributed by atoms with Crippen LogP contribution in [0.5, 0.6) is 0 Å². The average molecular weight is 322 g/mol. The Balaban J connectivity index is 2.45. The zero-order chi connectivity index (χ0) is 15.0. The van der Waals surface area contributed by atoms with E-state index in [-0.39, 0.29) is 16.5 Å². The lowest BCUT2D eigenvalue weighted by atomic mass is 9.81. The monoisotopic (exact) mass is 321 g/mol. The number of hydrogen-bond donors (Lipinski definition) is 0. The van der Waals surface area contributed by atoms with Crippen LogP contribution in [0.4, 0.5) is 0 Å². The molecule has 0 saturated heterocycles. The average Bonchev–Trinajstić information content (AvgIpc) is 2.88. The Hall–Kier alpha value is -0.660. The quantitative estimate of drug-likeness (QED) is 0.777. The summed E-state index contributed by atoms with van der Waals surface area (Å²) in [5, 5.41) is 7.71. The molecule has 1 saturated carbocycles. The van der Waals surface area contributed by atoms with Gasteiger partial charge in [0.2, 0.25) is 0 Å². The van der Waals surface area contributed by atoms with Crippen molar-refractivity contribution in [2.75, 3.05) is 13.7 Å². The number of aromatic nitrogens is 3. The van der Waals surface area contributed by atoms with E-state index in [9.17, 15) is 8.42 Å². The number of ether oxygens (including phenoxy) is 1. The Morgan fingerprint density at radius 2 is 2.15 bits per heavy atom. The van der Waals surface area contributed by atoms with E-state index < -0.39 is 9.05 Å². The van der Waals surface area contributed by atoms with Crippen molar-refractivity contribution < 1.29 is 13.2 Å². The molecule has 1 aromatic heterocycles. The Labute approximate surface area is 123 Å². The minimum atomic E-state index is -3.90. The summed E-state index contributed by atoms with van der Waals surface area (Å²) in [5.41, 5.74) is 0.0885. The smallest absolute Gasteiger partial charge is 0.296 e. The van der Waals surface area contributed by atoms with Gasteiger partial charge < -0.3 is 4.74 Å². The van der Waals surface area contributed by atoms with E-state index >= 15 is 0 Å². The molecule has 0 spiro atoms. The molecule has 0 bridgehead atoms. The minimum Gasteiger partial charge on any atom is -0.383 e. The molecule has 0 aromatic carbocycles. The van der Waals surface area contributed by atoms with Gasteiger partial charge in [-0.1, -0.05) is 20.3 Å². The third kappa shape index (κ3) is 2.99. The molecule has 0 N–H and O–H groups in total. The largest absolute Gasteiger partial charge is 0.383 e. The van der Waals surface area contributed by atoms with Crippen LogP contribution >= 0.6 is 10.7 Å². The summed E-state index contributed by atoms with van der Waals surface area (Å²) in [4.78, 5) is 0. The van der Waals surface area contributed by atoms with Gasteiger partial charge in [0.1, 0.15) is 5.82 Å². The molecular formula is C12H20ClN3O3S. The van der Waals surface area contributed by atoms with Crippen molar-refractivity contribution >= 4 is 19.7 Å². The molecule has 0 amide bonds. The summed E-state index contributed by atoms with van der Waals surface area (Å²) in [7, 11) is 3.11. The highest BCUT2D eigenvalue weighted by Crippen LogP contribution is 2.48. The first-order chi connectivity index (χ1) is 9.27. The molecule has 1 aliphatic carbocycles. The van der Waals surface area contributed by atoms with Crippen LogP contribution in [-0.4, -0.2) is 36.9 Å². The summed E-state index contributed by atoms with van der Waals surface area (Å²) < 4.78 is 29.8. The summed E-state index contributed by atoms with van der Waals surface area (Å²) in [6.45, 7) is 5.12. The summed E-state index contributed by atoms with van der Waals surface area (Å²) in [6.07, 6.45) is 3.19. The van der Waals surface area contributed by atoms with Crippen molar-refractivity contribution in [2.24, 2.45) is 5.41 Å². The maximum Gasteiger partial charge on any atom is 0.296 e. The molecule has 1 unspecified atom stereocenters. The van der Waals surface area contributed by atoms with Gasteiger partial charge >= 0.3 is 0 Å². The zero-order valence-electron chi connectivity index (χ0n) is 12.0. The summed E-state index contributed by atoms with van der Waals surface area (Å²) >= 11 is 0. The van der Waals surface area contributed by atoms with Crippen LogP contribution in [0.15, 0.2) is 5.16 Å². The molecule has 1 aliphatic rings. The molecule has 6 nitrogen and oxygen atoms in total. The van der Waals surface area contributed by atoms with E-state index in [1.165, 1.54) is 0 Å². The van der Waals surface area contributed by atoms with Crippen molar-refractivity contribution in [1.82, 2.24) is 14.8 Å². The fraction of sp³-hybridized carbons (Fsp3) is 0.833. The fourth-order valence-electron chi connectivity index (χ4n) is 2.94. The van der Waals surface area contributed by atoms with Crippen molar-refractivity contribution in [2.45, 2.75) is 50.7 Å². The second-order valence-corrected chi connectivity index (χ2v) is 8.32. The second kappa shape index (κ2) is 5.61. The van der Waals surface area contributed by atoms with E-state index in [1.807, 2.05) is 0 Å². The maximum atomic E-state index is 11.6. The van der Waals surface area contributed by atoms with Crippen LogP contribution < -0.4 is 0 Å². The molecule has 0 radical (unpaired) electrons. The molecule has 8 heteroatoms. The third-order valence-corrected chi connectivity index (χ3v) is 5.20. The van der Waals surface area contributed by atoms with E-state index in [2.05, 4.69) is 24.0 Å². The van der Waals surface area contributed by atoms with Gasteiger partial charge in [0.15, 0.2) is 0 Å². The molecule has 1 aromatic rings. The van der Waals surface area contributed by atoms with Crippen LogP contribution in [0, 0.1) is 5.41 Å². The number of hydrogen-bond acceptors (Lipinski definition) is 5. The van der Waals surface area contributed by atoms with Crippen molar-refractivity contribution in [3.63, 3.8) is 0 Å². The van der Waals surface area contributed by atoms with E-state index in [1.54, 1.807) is 11.7 Å². The third-order valence-electron chi connectivity index (χ3n) is 4.05. The van der Waals surface area contributed by atoms with Crippen LogP contribution in [0.25, 0.3) is 0 Å². The van der Waals surface area contributed by atoms with E-state index in [0.717, 1.165) is 19.3 Å². The van der Waals surface area contributed by atoms with Crippen LogP contribution in [-0.2, 0) is 20.3 Å². The topological polar surface area (TPSA) is 74.1 Å². The van der Waals surface area contributed by atoms with Gasteiger partial charge in [0, 0.05) is 30.3 Å². The van der Waals surface area contributed by atoms with Crippen LogP contribution in [0.3, 0.4) is 0 Å². The molecule has 0 aliphatic heterocycles. The highest BCUT2D eigenvalue weighted by Gasteiger charge is 2.39. The lowest BCUT2D eigenvalue weighted by Crippen LogP contribution is -2.22. The van der Waals surface area contributed by atoms with Gasteiger partial charge in [-0.2, -0.15) is 0 Å². The van der Waals surface area contributed by atoms with Crippen molar-refractivity contribution in [3.8, 4) is 0 Å². The van der Waals surface area contributed by atoms with Crippen LogP contribution in [0.1, 0.15) is 44.9 Å². The number of methoxy groups -OCH3 is 1. The first-order valence-electron chi connectivity index (χ1n) is 6.64. The summed E-state index contributed by atoms with van der Waals surface area (Å²) in [6, 6.07) is 0. The molecule has 1 fully saturated rings. The Bertz CT molecular complexity index is 583. The first kappa shape index (κ1) is 15.7. The number of nitrogens with zero attached hydrogens (tertiary/aromatic N) is 3. The predicted octanol–water partition coefficient (Wildman–Crippen LogP) is 2.15. The Kier molecular flexibility index (Phi) is 4.41. The fourth-order valence-corrected chi connectivity index (χ4v) is 3.87. The van der Waals surface area contributed by atoms with Gasteiger partial charge in [-0.05, 0) is 18.3 Å². The van der Waals surface area contributed by atoms with Gasteiger partial charge in [-0.15, -0.1) is 10.2 Å². The van der Waals surface area contributed by atoms with Crippen molar-refractivity contribution in [1.29, 1.82) is 0 Å². The summed E-state index contributed by atoms with van der Waals surface area (Å²) in [5.74, 6) is 0.891. The van der Waals surface area contributed by atoms with E-state index in [0.29, 0.717) is 19.0 Å². The van der Waals surface area contributed by atoms with Gasteiger partial charge in [0.05, 0.1) is 6.61 Å². The Morgan fingerprint density at radius 3 is 2.65 bits per heavy atom. The lowest BCUT2D eigenvalue weighted by Gasteiger charge is -2.26. The zero-order valence-corrected chi connectivity index (χ0v) is 13.5. The second-order valence-electron chi connectivity index (χ2n) is 5.86. The molecule has 20 heavy (non-hydrogen) atoms. The molecular weight excluding hydrogens is 302 g/mol. The Morgan fingerprint density at radius 1 is 1.45 bits per heavy atom. The first-order valence-corrected chi connectivity index (χ1v) is 8.95. The lowest BCUT2D eigenvalue weighted by molar-refractivity contribution is 0.181. The highest BCUT2D eigenvalue weighted by molar-refractivity contribution is 8.13. The van der Waals surface area contributed by atoms with Gasteiger partial charge in [-0.3, -0.25) is 4.57 Å². The van der Waals surface area contributed by atoms with Gasteiger partial charge in [0.25, 0.3) is 14.2 Å². The van der Waals surface area contributed by atoms with Crippen LogP contribution in [0.2, 0.25) is 0 Å². The van der Waals surface area contributed by atoms with Gasteiger partial charge in [-0.25, -0.2) is 8.42 Å². The van der Waals surface area contributed by atoms with Crippen molar-refractivity contribution in [3.05, 3.63) is 5.82 Å². The standard InChI is InChI=1S/C12H20ClN3O3S/c1-12(2)6-4-5-9(12)10-14-15-11(20(13,17)18)16(10)7-8-19-3/h9H,4-8H2,1-3H3. The minimum absolute atomic E-state index is 0.0885. The molecule has 2 rings (SSSR count). The molecule has 1 atom stereocenters. The molecule has 114 valence electrons. The predicted molar refractivity (Wildman–Crippen MR) is 75.3 cm³/mol. The maximum absolute atomic E-state index is 11.6. The number of halogens is 1. The number of rotatable bonds is 5. The normalized spacial score (nSPS) is 22.3. The highest BCUT2D eigenvalue weighted by atomic mass is 35.7. The SMILES string of the molecule is COCCn1c(C2CCCC2(C)C)nnc1S(=O)(=O)Cl. The van der Waals surface area contributed by atoms with E-state index in [4.69, 9.17) is 15.4 Å². The molecule has 1 heterocycles.